The summed E-state index contributed by atoms with van der Waals surface area (Å²) in [6.45, 7) is 1.72. The molecule has 28 heavy (non-hydrogen) atoms. The van der Waals surface area contributed by atoms with Crippen molar-refractivity contribution in [3.05, 3.63) is 66.2 Å². The summed E-state index contributed by atoms with van der Waals surface area (Å²) in [5.41, 5.74) is 2.08. The zero-order valence-corrected chi connectivity index (χ0v) is 15.9. The van der Waals surface area contributed by atoms with E-state index in [1.807, 2.05) is 30.1 Å². The molecule has 0 atom stereocenters. The molecule has 1 heterocycles. The Morgan fingerprint density at radius 2 is 2.07 bits per heavy atom. The lowest BCUT2D eigenvalue weighted by atomic mass is 10.1. The number of H-pyrrole nitrogens is 1. The third-order valence-electron chi connectivity index (χ3n) is 4.15. The van der Waals surface area contributed by atoms with E-state index in [1.54, 1.807) is 19.2 Å². The Kier molecular flexibility index (Phi) is 6.56. The van der Waals surface area contributed by atoms with Gasteiger partial charge in [-0.05, 0) is 35.9 Å². The van der Waals surface area contributed by atoms with Crippen LogP contribution in [0.25, 0.3) is 11.4 Å². The number of guanidine groups is 1. The second-order valence-corrected chi connectivity index (χ2v) is 6.16. The molecule has 0 saturated heterocycles. The Bertz CT molecular complexity index is 895. The summed E-state index contributed by atoms with van der Waals surface area (Å²) in [4.78, 5) is 10.5. The maximum absolute atomic E-state index is 12.9. The molecule has 1 aromatic heterocycles. The largest absolute Gasteiger partial charge is 0.492 e. The van der Waals surface area contributed by atoms with Crippen molar-refractivity contribution < 1.29 is 9.13 Å². The molecule has 0 radical (unpaired) electrons. The molecule has 0 amide bonds. The average molecular weight is 382 g/mol. The van der Waals surface area contributed by atoms with Crippen molar-refractivity contribution in [1.82, 2.24) is 25.4 Å². The van der Waals surface area contributed by atoms with Gasteiger partial charge in [0, 0.05) is 26.2 Å². The van der Waals surface area contributed by atoms with Gasteiger partial charge in [-0.2, -0.15) is 5.10 Å². The molecule has 0 aliphatic heterocycles. The van der Waals surface area contributed by atoms with Gasteiger partial charge in [-0.25, -0.2) is 9.37 Å². The van der Waals surface area contributed by atoms with Gasteiger partial charge in [0.1, 0.15) is 24.5 Å². The first-order valence-electron chi connectivity index (χ1n) is 8.90. The number of halogens is 1. The van der Waals surface area contributed by atoms with Crippen LogP contribution < -0.4 is 10.1 Å². The van der Waals surface area contributed by atoms with E-state index < -0.39 is 0 Å². The SMILES string of the molecule is CN=C(NCc1cccc(-c2ncn[nH]2)c1)N(C)CCOc1ccc(F)cc1. The molecular weight excluding hydrogens is 359 g/mol. The molecule has 2 N–H and O–H groups in total. The number of nitrogens with one attached hydrogen (secondary N) is 2. The number of aromatic amines is 1. The zero-order chi connectivity index (χ0) is 19.8. The van der Waals surface area contributed by atoms with Crippen LogP contribution in [0.5, 0.6) is 5.75 Å². The number of benzene rings is 2. The molecule has 0 saturated carbocycles. The average Bonchev–Trinajstić information content (AvgIpc) is 3.25. The lowest BCUT2D eigenvalue weighted by molar-refractivity contribution is 0.281. The highest BCUT2D eigenvalue weighted by molar-refractivity contribution is 5.79. The molecule has 0 spiro atoms. The molecule has 3 aromatic rings. The molecular formula is C20H23FN6O. The van der Waals surface area contributed by atoms with Crippen molar-refractivity contribution in [2.24, 2.45) is 4.99 Å². The van der Waals surface area contributed by atoms with Gasteiger partial charge in [0.15, 0.2) is 11.8 Å². The Morgan fingerprint density at radius 1 is 1.25 bits per heavy atom. The molecule has 146 valence electrons. The predicted octanol–water partition coefficient (Wildman–Crippen LogP) is 2.70. The minimum atomic E-state index is -0.276. The fourth-order valence-electron chi connectivity index (χ4n) is 2.68. The first kappa shape index (κ1) is 19.3. The number of hydrogen-bond donors (Lipinski definition) is 2. The maximum Gasteiger partial charge on any atom is 0.193 e. The number of hydrogen-bond acceptors (Lipinski definition) is 4. The van der Waals surface area contributed by atoms with E-state index in [2.05, 4.69) is 31.6 Å². The van der Waals surface area contributed by atoms with E-state index in [4.69, 9.17) is 4.74 Å². The van der Waals surface area contributed by atoms with Gasteiger partial charge in [0.25, 0.3) is 0 Å². The topological polar surface area (TPSA) is 78.4 Å². The highest BCUT2D eigenvalue weighted by Gasteiger charge is 2.07. The molecule has 7 nitrogen and oxygen atoms in total. The molecule has 0 aliphatic carbocycles. The summed E-state index contributed by atoms with van der Waals surface area (Å²) in [7, 11) is 3.68. The standard InChI is InChI=1S/C20H23FN6O/c1-22-20(27(2)10-11-28-18-8-6-17(21)7-9-18)23-13-15-4-3-5-16(12-15)19-24-14-25-26-19/h3-9,12,14H,10-11,13H2,1-2H3,(H,22,23)(H,24,25,26). The Morgan fingerprint density at radius 3 is 2.79 bits per heavy atom. The zero-order valence-electron chi connectivity index (χ0n) is 15.9. The molecule has 0 bridgehead atoms. The fourth-order valence-corrected chi connectivity index (χ4v) is 2.68. The van der Waals surface area contributed by atoms with E-state index in [0.29, 0.717) is 25.4 Å². The Hall–Kier alpha value is -3.42. The lowest BCUT2D eigenvalue weighted by Crippen LogP contribution is -2.40. The Balaban J connectivity index is 1.50. The lowest BCUT2D eigenvalue weighted by Gasteiger charge is -2.22. The van der Waals surface area contributed by atoms with Crippen LogP contribution in [0.4, 0.5) is 4.39 Å². The predicted molar refractivity (Wildman–Crippen MR) is 107 cm³/mol. The quantitative estimate of drug-likeness (QED) is 0.485. The Labute approximate surface area is 163 Å². The second kappa shape index (κ2) is 9.50. The van der Waals surface area contributed by atoms with Crippen LogP contribution in [0.3, 0.4) is 0 Å². The van der Waals surface area contributed by atoms with Crippen LogP contribution >= 0.6 is 0 Å². The van der Waals surface area contributed by atoms with Crippen molar-refractivity contribution in [3.8, 4) is 17.1 Å². The molecule has 0 fully saturated rings. The minimum absolute atomic E-state index is 0.276. The fraction of sp³-hybridized carbons (Fsp3) is 0.250. The summed E-state index contributed by atoms with van der Waals surface area (Å²) in [5.74, 6) is 1.86. The number of aromatic nitrogens is 3. The molecule has 2 aromatic carbocycles. The van der Waals surface area contributed by atoms with Gasteiger partial charge in [-0.15, -0.1) is 0 Å². The van der Waals surface area contributed by atoms with Crippen LogP contribution in [0.15, 0.2) is 59.9 Å². The third kappa shape index (κ3) is 5.29. The highest BCUT2D eigenvalue weighted by atomic mass is 19.1. The summed E-state index contributed by atoms with van der Waals surface area (Å²) >= 11 is 0. The monoisotopic (exact) mass is 382 g/mol. The molecule has 3 rings (SSSR count). The van der Waals surface area contributed by atoms with Gasteiger partial charge in [-0.3, -0.25) is 10.1 Å². The maximum atomic E-state index is 12.9. The van der Waals surface area contributed by atoms with Gasteiger partial charge < -0.3 is 15.0 Å². The van der Waals surface area contributed by atoms with Crippen molar-refractivity contribution in [2.75, 3.05) is 27.2 Å². The van der Waals surface area contributed by atoms with Crippen LogP contribution in [0, 0.1) is 5.82 Å². The van der Waals surface area contributed by atoms with E-state index >= 15 is 0 Å². The summed E-state index contributed by atoms with van der Waals surface area (Å²) in [6.07, 6.45) is 1.49. The molecule has 0 unspecified atom stereocenters. The summed E-state index contributed by atoms with van der Waals surface area (Å²) in [6, 6.07) is 14.1. The number of likely N-dealkylation sites (N-methyl/N-ethyl adjacent to an activating group) is 1. The van der Waals surface area contributed by atoms with Crippen LogP contribution in [-0.2, 0) is 6.54 Å². The van der Waals surface area contributed by atoms with E-state index in [-0.39, 0.29) is 5.82 Å². The van der Waals surface area contributed by atoms with Crippen molar-refractivity contribution in [2.45, 2.75) is 6.54 Å². The van der Waals surface area contributed by atoms with Crippen molar-refractivity contribution in [3.63, 3.8) is 0 Å². The summed E-state index contributed by atoms with van der Waals surface area (Å²) < 4.78 is 18.6. The van der Waals surface area contributed by atoms with Gasteiger partial charge >= 0.3 is 0 Å². The summed E-state index contributed by atoms with van der Waals surface area (Å²) in [5, 5.41) is 10.1. The van der Waals surface area contributed by atoms with Crippen LogP contribution in [-0.4, -0.2) is 53.3 Å². The highest BCUT2D eigenvalue weighted by Crippen LogP contribution is 2.15. The normalized spacial score (nSPS) is 11.3. The van der Waals surface area contributed by atoms with Crippen molar-refractivity contribution >= 4 is 5.96 Å². The molecule has 8 heteroatoms. The van der Waals surface area contributed by atoms with E-state index in [0.717, 1.165) is 22.9 Å². The first-order chi connectivity index (χ1) is 13.7. The smallest absolute Gasteiger partial charge is 0.193 e. The van der Waals surface area contributed by atoms with Crippen LogP contribution in [0.1, 0.15) is 5.56 Å². The van der Waals surface area contributed by atoms with E-state index in [1.165, 1.54) is 18.5 Å². The number of ether oxygens (including phenoxy) is 1. The van der Waals surface area contributed by atoms with E-state index in [9.17, 15) is 4.39 Å². The number of nitrogens with zero attached hydrogens (tertiary/aromatic N) is 4. The minimum Gasteiger partial charge on any atom is -0.492 e. The molecule has 0 aliphatic rings. The third-order valence-corrected chi connectivity index (χ3v) is 4.15. The van der Waals surface area contributed by atoms with Gasteiger partial charge in [0.05, 0.1) is 6.54 Å². The number of aliphatic imine (C=N–C) groups is 1. The van der Waals surface area contributed by atoms with Gasteiger partial charge in [-0.1, -0.05) is 18.2 Å². The second-order valence-electron chi connectivity index (χ2n) is 6.16. The van der Waals surface area contributed by atoms with Gasteiger partial charge in [0.2, 0.25) is 0 Å². The first-order valence-corrected chi connectivity index (χ1v) is 8.90. The number of rotatable bonds is 7. The van der Waals surface area contributed by atoms with Crippen molar-refractivity contribution in [1.29, 1.82) is 0 Å². The van der Waals surface area contributed by atoms with Crippen LogP contribution in [0.2, 0.25) is 0 Å².